The number of carbonyl (C=O) groups is 1. The molecule has 0 saturated carbocycles. The molecule has 3 nitrogen and oxygen atoms in total. The van der Waals surface area contributed by atoms with Gasteiger partial charge in [-0.3, -0.25) is 9.69 Å². The Morgan fingerprint density at radius 2 is 1.92 bits per heavy atom. The van der Waals surface area contributed by atoms with Gasteiger partial charge in [-0.1, -0.05) is 65.4 Å². The van der Waals surface area contributed by atoms with Crippen LogP contribution in [0.5, 0.6) is 5.75 Å². The van der Waals surface area contributed by atoms with E-state index in [1.165, 1.54) is 11.8 Å². The van der Waals surface area contributed by atoms with E-state index in [-0.39, 0.29) is 5.91 Å². The lowest BCUT2D eigenvalue weighted by Gasteiger charge is -2.09. The fraction of sp³-hybridized carbons (Fsp3) is 0.158. The number of carbonyl (C=O) groups excluding carboxylic acids is 1. The number of thioether (sulfide) groups is 1. The van der Waals surface area contributed by atoms with Crippen LogP contribution in [0.15, 0.2) is 47.4 Å². The first-order valence-corrected chi connectivity index (χ1v) is 9.88. The summed E-state index contributed by atoms with van der Waals surface area (Å²) in [6.07, 6.45) is 1.84. The van der Waals surface area contributed by atoms with Crippen LogP contribution in [0.4, 0.5) is 0 Å². The summed E-state index contributed by atoms with van der Waals surface area (Å²) in [5.41, 5.74) is 1.78. The fourth-order valence-corrected chi connectivity index (χ4v) is 4.23. The van der Waals surface area contributed by atoms with Crippen LogP contribution in [-0.4, -0.2) is 21.7 Å². The Labute approximate surface area is 171 Å². The van der Waals surface area contributed by atoms with Crippen LogP contribution in [0, 0.1) is 0 Å². The van der Waals surface area contributed by atoms with Crippen molar-refractivity contribution in [1.82, 2.24) is 4.90 Å². The van der Waals surface area contributed by atoms with Crippen molar-refractivity contribution < 1.29 is 9.53 Å². The van der Waals surface area contributed by atoms with Gasteiger partial charge >= 0.3 is 0 Å². The second-order valence-corrected chi connectivity index (χ2v) is 8.04. The van der Waals surface area contributed by atoms with Gasteiger partial charge in [0.15, 0.2) is 0 Å². The van der Waals surface area contributed by atoms with Gasteiger partial charge in [-0.05, 0) is 42.8 Å². The van der Waals surface area contributed by atoms with Gasteiger partial charge in [0, 0.05) is 22.2 Å². The molecule has 0 bridgehead atoms. The molecule has 2 aromatic rings. The summed E-state index contributed by atoms with van der Waals surface area (Å²) in [7, 11) is 0. The highest BCUT2D eigenvalue weighted by atomic mass is 35.5. The predicted octanol–water partition coefficient (Wildman–Crippen LogP) is 5.79. The molecule has 2 aromatic carbocycles. The summed E-state index contributed by atoms with van der Waals surface area (Å²) in [6, 6.07) is 12.8. The quantitative estimate of drug-likeness (QED) is 0.449. The summed E-state index contributed by atoms with van der Waals surface area (Å²) < 4.78 is 6.36. The summed E-state index contributed by atoms with van der Waals surface area (Å²) in [5, 5.41) is 1.17. The molecule has 1 heterocycles. The third-order valence-corrected chi connectivity index (χ3v) is 5.74. The molecule has 134 valence electrons. The molecule has 1 amide bonds. The summed E-state index contributed by atoms with van der Waals surface area (Å²) in [5.74, 6) is 0.675. The average molecular weight is 424 g/mol. The zero-order valence-electron chi connectivity index (χ0n) is 13.9. The Morgan fingerprint density at radius 3 is 2.54 bits per heavy atom. The third kappa shape index (κ3) is 4.41. The predicted molar refractivity (Wildman–Crippen MR) is 113 cm³/mol. The summed E-state index contributed by atoms with van der Waals surface area (Å²) >= 11 is 18.6. The average Bonchev–Trinajstić information content (AvgIpc) is 2.88. The van der Waals surface area contributed by atoms with Crippen molar-refractivity contribution in [3.63, 3.8) is 0 Å². The fourth-order valence-electron chi connectivity index (χ4n) is 2.38. The SMILES string of the molecule is CCN1C(=O)/C(=C\c2ccc(OCc3ccc(Cl)cc3Cl)cc2)SC1=S. The van der Waals surface area contributed by atoms with Crippen molar-refractivity contribution in [3.8, 4) is 5.75 Å². The molecule has 0 N–H and O–H groups in total. The monoisotopic (exact) mass is 423 g/mol. The van der Waals surface area contributed by atoms with E-state index in [0.717, 1.165) is 11.1 Å². The lowest BCUT2D eigenvalue weighted by Crippen LogP contribution is -2.27. The van der Waals surface area contributed by atoms with Crippen molar-refractivity contribution >= 4 is 63.5 Å². The molecule has 1 aliphatic rings. The summed E-state index contributed by atoms with van der Waals surface area (Å²) in [4.78, 5) is 14.5. The number of halogens is 2. The zero-order valence-corrected chi connectivity index (χ0v) is 17.0. The number of thiocarbonyl (C=S) groups is 1. The maximum absolute atomic E-state index is 12.2. The van der Waals surface area contributed by atoms with Crippen molar-refractivity contribution in [1.29, 1.82) is 0 Å². The van der Waals surface area contributed by atoms with Crippen molar-refractivity contribution in [2.45, 2.75) is 13.5 Å². The number of hydrogen-bond donors (Lipinski definition) is 0. The van der Waals surface area contributed by atoms with Crippen LogP contribution in [-0.2, 0) is 11.4 Å². The van der Waals surface area contributed by atoms with E-state index in [2.05, 4.69) is 0 Å². The number of amides is 1. The maximum atomic E-state index is 12.2. The van der Waals surface area contributed by atoms with E-state index in [1.54, 1.807) is 17.0 Å². The Hall–Kier alpha value is -1.53. The minimum atomic E-state index is -0.0415. The standard InChI is InChI=1S/C19H15Cl2NO2S2/c1-2-22-18(23)17(26-19(22)25)9-12-3-7-15(8-4-12)24-11-13-5-6-14(20)10-16(13)21/h3-10H,2,11H2,1H3/b17-9+. The van der Waals surface area contributed by atoms with Gasteiger partial charge in [-0.15, -0.1) is 0 Å². The first kappa shape index (κ1) is 19.2. The second kappa shape index (κ2) is 8.44. The van der Waals surface area contributed by atoms with Crippen LogP contribution >= 0.6 is 47.2 Å². The molecule has 0 spiro atoms. The molecule has 1 fully saturated rings. The van der Waals surface area contributed by atoms with Gasteiger partial charge in [0.25, 0.3) is 5.91 Å². The Morgan fingerprint density at radius 1 is 1.19 bits per heavy atom. The molecular weight excluding hydrogens is 409 g/mol. The molecule has 26 heavy (non-hydrogen) atoms. The molecular formula is C19H15Cl2NO2S2. The molecule has 0 aromatic heterocycles. The van der Waals surface area contributed by atoms with E-state index in [0.29, 0.717) is 38.2 Å². The van der Waals surface area contributed by atoms with Gasteiger partial charge in [-0.2, -0.15) is 0 Å². The first-order valence-electron chi connectivity index (χ1n) is 7.90. The lowest BCUT2D eigenvalue weighted by atomic mass is 10.2. The van der Waals surface area contributed by atoms with Crippen LogP contribution in [0.3, 0.4) is 0 Å². The smallest absolute Gasteiger partial charge is 0.266 e. The molecule has 0 aliphatic carbocycles. The Balaban J connectivity index is 1.66. The number of nitrogens with zero attached hydrogens (tertiary/aromatic N) is 1. The van der Waals surface area contributed by atoms with Crippen molar-refractivity contribution in [3.05, 3.63) is 68.5 Å². The van der Waals surface area contributed by atoms with Gasteiger partial charge in [0.1, 0.15) is 16.7 Å². The highest BCUT2D eigenvalue weighted by molar-refractivity contribution is 8.26. The van der Waals surface area contributed by atoms with E-state index >= 15 is 0 Å². The topological polar surface area (TPSA) is 29.5 Å². The largest absolute Gasteiger partial charge is 0.489 e. The summed E-state index contributed by atoms with van der Waals surface area (Å²) in [6.45, 7) is 2.85. The normalized spacial score (nSPS) is 15.8. The minimum absolute atomic E-state index is 0.0415. The van der Waals surface area contributed by atoms with Crippen LogP contribution < -0.4 is 4.74 Å². The van der Waals surface area contributed by atoms with Gasteiger partial charge in [-0.25, -0.2) is 0 Å². The Bertz CT molecular complexity index is 882. The zero-order chi connectivity index (χ0) is 18.7. The molecule has 0 atom stereocenters. The van der Waals surface area contributed by atoms with Crippen LogP contribution in [0.1, 0.15) is 18.1 Å². The molecule has 3 rings (SSSR count). The van der Waals surface area contributed by atoms with Crippen LogP contribution in [0.2, 0.25) is 10.0 Å². The number of hydrogen-bond acceptors (Lipinski definition) is 4. The van der Waals surface area contributed by atoms with E-state index in [1.807, 2.05) is 43.3 Å². The Kier molecular flexibility index (Phi) is 6.24. The molecule has 0 radical (unpaired) electrons. The number of rotatable bonds is 5. The molecule has 0 unspecified atom stereocenters. The number of benzene rings is 2. The molecule has 7 heteroatoms. The van der Waals surface area contributed by atoms with E-state index in [9.17, 15) is 4.79 Å². The first-order chi connectivity index (χ1) is 12.5. The second-order valence-electron chi connectivity index (χ2n) is 5.52. The van der Waals surface area contributed by atoms with Gasteiger partial charge in [0.05, 0.1) is 4.91 Å². The molecule has 1 aliphatic heterocycles. The van der Waals surface area contributed by atoms with Crippen molar-refractivity contribution in [2.24, 2.45) is 0 Å². The highest BCUT2D eigenvalue weighted by Gasteiger charge is 2.30. The van der Waals surface area contributed by atoms with Gasteiger partial charge < -0.3 is 4.74 Å². The third-order valence-electron chi connectivity index (χ3n) is 3.78. The minimum Gasteiger partial charge on any atom is -0.489 e. The van der Waals surface area contributed by atoms with E-state index in [4.69, 9.17) is 40.2 Å². The van der Waals surface area contributed by atoms with Crippen molar-refractivity contribution in [2.75, 3.05) is 6.54 Å². The lowest BCUT2D eigenvalue weighted by molar-refractivity contribution is -0.121. The highest BCUT2D eigenvalue weighted by Crippen LogP contribution is 2.32. The number of likely N-dealkylation sites (N-methyl/N-ethyl adjacent to an activating group) is 1. The maximum Gasteiger partial charge on any atom is 0.266 e. The number of ether oxygens (including phenoxy) is 1. The molecule has 1 saturated heterocycles. The van der Waals surface area contributed by atoms with E-state index < -0.39 is 0 Å². The van der Waals surface area contributed by atoms with Crippen LogP contribution in [0.25, 0.3) is 6.08 Å². The van der Waals surface area contributed by atoms with Gasteiger partial charge in [0.2, 0.25) is 0 Å².